The molecular weight excluding hydrogens is 919 g/mol. The predicted octanol–water partition coefficient (Wildman–Crippen LogP) is 7.86. The van der Waals surface area contributed by atoms with E-state index in [9.17, 15) is 29.4 Å². The number of H-pyrrole nitrogens is 1. The van der Waals surface area contributed by atoms with E-state index in [1.165, 1.54) is 17.7 Å². The highest BCUT2D eigenvalue weighted by molar-refractivity contribution is 5.96. The number of ether oxygens (including phenoxy) is 2. The fourth-order valence-corrected chi connectivity index (χ4v) is 10.6. The van der Waals surface area contributed by atoms with Crippen LogP contribution in [0.3, 0.4) is 0 Å². The van der Waals surface area contributed by atoms with Gasteiger partial charge in [0.2, 0.25) is 5.56 Å². The average molecular weight is 980 g/mol. The number of piperidine rings is 1. The number of benzene rings is 6. The number of fused-ring (bicyclic) bond motifs is 1. The maximum absolute atomic E-state index is 13.9. The van der Waals surface area contributed by atoms with Crippen molar-refractivity contribution in [3.63, 3.8) is 0 Å². The lowest BCUT2D eigenvalue weighted by Gasteiger charge is -2.60. The van der Waals surface area contributed by atoms with Crippen LogP contribution in [0.1, 0.15) is 79.0 Å². The first-order valence-electron chi connectivity index (χ1n) is 25.3. The van der Waals surface area contributed by atoms with Crippen molar-refractivity contribution < 1.29 is 34.1 Å². The van der Waals surface area contributed by atoms with Gasteiger partial charge in [-0.1, -0.05) is 103 Å². The Morgan fingerprint density at radius 3 is 2.00 bits per heavy atom. The number of nitrogens with zero attached hydrogens (tertiary/aromatic N) is 3. The second-order valence-electron chi connectivity index (χ2n) is 20.0. The van der Waals surface area contributed by atoms with Crippen molar-refractivity contribution in [2.75, 3.05) is 59.0 Å². The Kier molecular flexibility index (Phi) is 14.8. The summed E-state index contributed by atoms with van der Waals surface area (Å²) in [6.45, 7) is 6.89. The molecule has 0 aliphatic carbocycles. The number of amides is 2. The third-order valence-corrected chi connectivity index (χ3v) is 14.7. The van der Waals surface area contributed by atoms with Crippen LogP contribution in [0.5, 0.6) is 11.5 Å². The molecule has 374 valence electrons. The highest BCUT2D eigenvalue weighted by atomic mass is 16.5. The number of hydrogen-bond acceptors (Lipinski definition) is 10. The van der Waals surface area contributed by atoms with Crippen molar-refractivity contribution in [1.82, 2.24) is 25.0 Å². The maximum Gasteiger partial charge on any atom is 0.317 e. The van der Waals surface area contributed by atoms with Crippen LogP contribution in [0.4, 0.5) is 0 Å². The van der Waals surface area contributed by atoms with E-state index in [1.54, 1.807) is 12.1 Å². The van der Waals surface area contributed by atoms with Gasteiger partial charge in [-0.15, -0.1) is 0 Å². The van der Waals surface area contributed by atoms with Crippen LogP contribution in [0, 0.1) is 11.3 Å². The molecule has 6 aromatic carbocycles. The van der Waals surface area contributed by atoms with Gasteiger partial charge in [-0.25, -0.2) is 0 Å². The second-order valence-corrected chi connectivity index (χ2v) is 20.0. The zero-order valence-electron chi connectivity index (χ0n) is 40.8. The number of esters is 1. The molecule has 13 heteroatoms. The number of pyridine rings is 1. The smallest absolute Gasteiger partial charge is 0.317 e. The third-order valence-electron chi connectivity index (χ3n) is 14.7. The van der Waals surface area contributed by atoms with Crippen molar-refractivity contribution in [1.29, 1.82) is 0 Å². The molecule has 0 saturated carbocycles. The zero-order valence-corrected chi connectivity index (χ0v) is 40.8. The van der Waals surface area contributed by atoms with E-state index in [0.29, 0.717) is 85.0 Å². The van der Waals surface area contributed by atoms with Gasteiger partial charge in [-0.3, -0.25) is 24.1 Å². The number of aromatic amines is 1. The van der Waals surface area contributed by atoms with Crippen LogP contribution in [0.2, 0.25) is 0 Å². The number of phenols is 1. The monoisotopic (exact) mass is 979 g/mol. The number of carbonyl (C=O) groups is 3. The molecule has 7 aromatic rings. The third kappa shape index (κ3) is 11.5. The van der Waals surface area contributed by atoms with E-state index in [1.807, 2.05) is 119 Å². The molecule has 3 saturated heterocycles. The van der Waals surface area contributed by atoms with Crippen molar-refractivity contribution in [2.24, 2.45) is 11.3 Å². The summed E-state index contributed by atoms with van der Waals surface area (Å²) in [6.07, 6.45) is 1.83. The Morgan fingerprint density at radius 1 is 0.699 bits per heavy atom. The van der Waals surface area contributed by atoms with E-state index in [4.69, 9.17) is 9.47 Å². The van der Waals surface area contributed by atoms with Crippen molar-refractivity contribution in [3.8, 4) is 11.5 Å². The summed E-state index contributed by atoms with van der Waals surface area (Å²) in [4.78, 5) is 61.3. The minimum Gasteiger partial charge on any atom is -0.506 e. The molecule has 1 aromatic heterocycles. The quantitative estimate of drug-likeness (QED) is 0.0492. The molecule has 4 N–H and O–H groups in total. The van der Waals surface area contributed by atoms with Crippen LogP contribution in [0.25, 0.3) is 10.9 Å². The minimum absolute atomic E-state index is 0.0226. The number of aliphatic hydroxyl groups excluding tert-OH is 1. The van der Waals surface area contributed by atoms with E-state index >= 15 is 0 Å². The molecule has 3 aliphatic rings. The van der Waals surface area contributed by atoms with Crippen LogP contribution >= 0.6 is 0 Å². The van der Waals surface area contributed by atoms with E-state index in [0.717, 1.165) is 54.7 Å². The van der Waals surface area contributed by atoms with Crippen LogP contribution < -0.4 is 15.6 Å². The predicted molar refractivity (Wildman–Crippen MR) is 279 cm³/mol. The Hall–Kier alpha value is -7.58. The van der Waals surface area contributed by atoms with Gasteiger partial charge in [0.25, 0.3) is 11.8 Å². The summed E-state index contributed by atoms with van der Waals surface area (Å²) in [6, 6.07) is 49.1. The number of aromatic hydroxyl groups is 1. The van der Waals surface area contributed by atoms with Gasteiger partial charge < -0.3 is 39.8 Å². The fourth-order valence-electron chi connectivity index (χ4n) is 10.6. The number of carbonyl (C=O) groups excluding carboxylic acids is 3. The minimum atomic E-state index is -0.845. The molecule has 3 fully saturated rings. The first-order chi connectivity index (χ1) is 35.6. The topological polar surface area (TPSA) is 165 Å². The van der Waals surface area contributed by atoms with Crippen LogP contribution in [-0.4, -0.2) is 107 Å². The van der Waals surface area contributed by atoms with Gasteiger partial charge in [0.05, 0.1) is 18.2 Å². The largest absolute Gasteiger partial charge is 0.506 e. The van der Waals surface area contributed by atoms with E-state index in [2.05, 4.69) is 39.5 Å². The summed E-state index contributed by atoms with van der Waals surface area (Å²) >= 11 is 0. The van der Waals surface area contributed by atoms with Crippen LogP contribution in [0.15, 0.2) is 163 Å². The lowest BCUT2D eigenvalue weighted by Crippen LogP contribution is -2.73. The number of nitrogens with one attached hydrogen (secondary N) is 2. The molecule has 0 radical (unpaired) electrons. The zero-order chi connectivity index (χ0) is 50.3. The number of aromatic nitrogens is 1. The second kappa shape index (κ2) is 22.0. The van der Waals surface area contributed by atoms with Gasteiger partial charge in [0.1, 0.15) is 24.0 Å². The first-order valence-corrected chi connectivity index (χ1v) is 25.3. The number of likely N-dealkylation sites (tertiary alicyclic amines) is 3. The lowest BCUT2D eigenvalue weighted by atomic mass is 9.72. The van der Waals surface area contributed by atoms with Gasteiger partial charge in [0.15, 0.2) is 0 Å². The maximum atomic E-state index is 13.9. The number of aliphatic hydroxyl groups is 1. The number of phenolic OH excluding ortho intramolecular Hbond substituents is 1. The van der Waals surface area contributed by atoms with Crippen molar-refractivity contribution in [3.05, 3.63) is 213 Å². The summed E-state index contributed by atoms with van der Waals surface area (Å²) in [5, 5.41) is 24.9. The molecule has 1 spiro atoms. The highest BCUT2D eigenvalue weighted by Crippen LogP contribution is 2.41. The molecule has 73 heavy (non-hydrogen) atoms. The normalized spacial score (nSPS) is 16.3. The molecular formula is C60H61N5O8. The van der Waals surface area contributed by atoms with Gasteiger partial charge >= 0.3 is 5.97 Å². The van der Waals surface area contributed by atoms with Gasteiger partial charge in [0, 0.05) is 67.3 Å². The lowest BCUT2D eigenvalue weighted by molar-refractivity contribution is -0.146. The molecule has 2 amide bonds. The summed E-state index contributed by atoms with van der Waals surface area (Å²) in [5.74, 6) is -0.00952. The Labute approximate surface area is 425 Å². The standard InChI is InChI=1S/C60H61N5O8/c66-52-24-22-50(51-23-25-54(68)62-56(51)52)53(67)33-61-29-26-41-14-18-46(19-15-41)57(69)64-37-60(38-64)39-65(40-60)58(70)47-20-16-43(17-21-47)35-72-49-13-7-12-48(32-49)55(45-10-5-2-6-11-45)59(71)73-36-44-27-30-63(31-28-44)34-42-8-3-1-4-9-42/h1-25,32,44,53,55,61,66-67H,26-31,33-40H2,(H,62,68). The molecule has 13 nitrogen and oxygen atoms in total. The Balaban J connectivity index is 0.650. The molecule has 4 heterocycles. The van der Waals surface area contributed by atoms with Gasteiger partial charge in [-0.2, -0.15) is 0 Å². The number of rotatable bonds is 18. The highest BCUT2D eigenvalue weighted by Gasteiger charge is 2.54. The Bertz CT molecular complexity index is 3090. The van der Waals surface area contributed by atoms with Crippen LogP contribution in [-0.2, 0) is 29.1 Å². The van der Waals surface area contributed by atoms with Gasteiger partial charge in [-0.05, 0) is 127 Å². The molecule has 0 bridgehead atoms. The molecule has 2 unspecified atom stereocenters. The van der Waals surface area contributed by atoms with Crippen molar-refractivity contribution >= 4 is 28.7 Å². The van der Waals surface area contributed by atoms with Crippen molar-refractivity contribution in [2.45, 2.75) is 44.4 Å². The fraction of sp³-hybridized carbons (Fsp3) is 0.300. The molecule has 10 rings (SSSR count). The summed E-state index contributed by atoms with van der Waals surface area (Å²) in [7, 11) is 0. The van der Waals surface area contributed by atoms with E-state index in [-0.39, 0.29) is 47.7 Å². The average Bonchev–Trinajstić information content (AvgIpc) is 3.39. The summed E-state index contributed by atoms with van der Waals surface area (Å²) in [5.41, 5.74) is 6.66. The molecule has 2 atom stereocenters. The van der Waals surface area contributed by atoms with E-state index < -0.39 is 12.0 Å². The Morgan fingerprint density at radius 2 is 1.33 bits per heavy atom. The first kappa shape index (κ1) is 49.0. The summed E-state index contributed by atoms with van der Waals surface area (Å²) < 4.78 is 12.3. The SMILES string of the molecule is O=C(OCC1CCN(Cc2ccccc2)CC1)C(c1ccccc1)c1cccc(OCc2ccc(C(=O)N3CC4(CN(C(=O)c5ccc(CCNCC(O)c6ccc(O)c7[nH]c(=O)ccc67)cc5)C4)C3)cc2)c1. The molecule has 3 aliphatic heterocycles. The number of hydrogen-bond donors (Lipinski definition) is 4.